The van der Waals surface area contributed by atoms with Crippen molar-refractivity contribution in [1.29, 1.82) is 0 Å². The van der Waals surface area contributed by atoms with Gasteiger partial charge >= 0.3 is 5.97 Å². The van der Waals surface area contributed by atoms with E-state index < -0.39 is 12.0 Å². The molecule has 6 heteroatoms. The van der Waals surface area contributed by atoms with Crippen LogP contribution in [0.1, 0.15) is 25.1 Å². The van der Waals surface area contributed by atoms with E-state index in [9.17, 15) is 9.90 Å². The minimum absolute atomic E-state index is 0.655. The van der Waals surface area contributed by atoms with Crippen LogP contribution in [-0.4, -0.2) is 20.6 Å². The van der Waals surface area contributed by atoms with Gasteiger partial charge in [-0.15, -0.1) is 0 Å². The number of carbonyl (C=O) groups is 1. The minimum atomic E-state index is -0.925. The van der Waals surface area contributed by atoms with Crippen molar-refractivity contribution in [2.75, 3.05) is 5.32 Å². The Morgan fingerprint density at radius 3 is 2.75 bits per heavy atom. The number of carboxylic acids is 1. The normalized spacial score (nSPS) is 12.1. The second kappa shape index (κ2) is 6.56. The zero-order valence-electron chi connectivity index (χ0n) is 11.1. The summed E-state index contributed by atoms with van der Waals surface area (Å²) in [4.78, 5) is 15.6. The maximum absolute atomic E-state index is 11.5. The highest BCUT2D eigenvalue weighted by atomic mass is 79.9. The van der Waals surface area contributed by atoms with Crippen molar-refractivity contribution in [1.82, 2.24) is 9.55 Å². The van der Waals surface area contributed by atoms with Crippen LogP contribution in [0.4, 0.5) is 5.69 Å². The van der Waals surface area contributed by atoms with Gasteiger partial charge in [0, 0.05) is 16.7 Å². The first kappa shape index (κ1) is 14.6. The van der Waals surface area contributed by atoms with E-state index in [1.807, 2.05) is 35.8 Å². The molecule has 1 heterocycles. The molecule has 0 radical (unpaired) electrons. The maximum atomic E-state index is 11.5. The fourth-order valence-corrected chi connectivity index (χ4v) is 2.24. The van der Waals surface area contributed by atoms with E-state index in [0.717, 1.165) is 23.1 Å². The lowest BCUT2D eigenvalue weighted by Crippen LogP contribution is -2.23. The number of hydrogen-bond acceptors (Lipinski definition) is 3. The van der Waals surface area contributed by atoms with Crippen LogP contribution >= 0.6 is 15.9 Å². The first-order valence-electron chi connectivity index (χ1n) is 6.36. The Morgan fingerprint density at radius 1 is 1.45 bits per heavy atom. The molecule has 5 nitrogen and oxygen atoms in total. The largest absolute Gasteiger partial charge is 0.479 e. The molecule has 1 aromatic heterocycles. The molecule has 0 fully saturated rings. The van der Waals surface area contributed by atoms with Crippen LogP contribution in [0.15, 0.2) is 41.3 Å². The highest BCUT2D eigenvalue weighted by Crippen LogP contribution is 2.22. The van der Waals surface area contributed by atoms with E-state index in [0.29, 0.717) is 5.69 Å². The standard InChI is InChI=1S/C14H16BrN3O2/c1-2-7-18-9-16-8-12(18)13(14(19)20)17-11-5-3-10(15)4-6-11/h3-6,8-9,13,17H,2,7H2,1H3,(H,19,20). The lowest BCUT2D eigenvalue weighted by molar-refractivity contribution is -0.138. The first-order chi connectivity index (χ1) is 9.61. The van der Waals surface area contributed by atoms with Crippen molar-refractivity contribution in [2.24, 2.45) is 0 Å². The molecule has 0 spiro atoms. The van der Waals surface area contributed by atoms with Crippen molar-refractivity contribution >= 4 is 27.6 Å². The zero-order valence-corrected chi connectivity index (χ0v) is 12.7. The molecule has 0 aliphatic rings. The third-order valence-electron chi connectivity index (χ3n) is 2.91. The number of hydrogen-bond donors (Lipinski definition) is 2. The van der Waals surface area contributed by atoms with Crippen molar-refractivity contribution in [3.63, 3.8) is 0 Å². The van der Waals surface area contributed by atoms with Crippen LogP contribution in [0, 0.1) is 0 Å². The molecule has 106 valence electrons. The number of rotatable bonds is 6. The van der Waals surface area contributed by atoms with E-state index in [4.69, 9.17) is 0 Å². The van der Waals surface area contributed by atoms with Crippen molar-refractivity contribution in [3.05, 3.63) is 47.0 Å². The number of nitrogens with one attached hydrogen (secondary N) is 1. The Kier molecular flexibility index (Phi) is 4.79. The zero-order chi connectivity index (χ0) is 14.5. The highest BCUT2D eigenvalue weighted by molar-refractivity contribution is 9.10. The second-order valence-electron chi connectivity index (χ2n) is 4.43. The van der Waals surface area contributed by atoms with Gasteiger partial charge in [-0.2, -0.15) is 0 Å². The molecule has 0 saturated carbocycles. The molecule has 2 aromatic rings. The number of anilines is 1. The fourth-order valence-electron chi connectivity index (χ4n) is 1.97. The van der Waals surface area contributed by atoms with Crippen LogP contribution in [0.25, 0.3) is 0 Å². The quantitative estimate of drug-likeness (QED) is 0.848. The second-order valence-corrected chi connectivity index (χ2v) is 5.35. The van der Waals surface area contributed by atoms with Gasteiger partial charge in [0.25, 0.3) is 0 Å². The number of aryl methyl sites for hydroxylation is 1. The SMILES string of the molecule is CCCn1cncc1C(Nc1ccc(Br)cc1)C(=O)O. The molecule has 0 amide bonds. The van der Waals surface area contributed by atoms with Gasteiger partial charge in [-0.1, -0.05) is 22.9 Å². The lowest BCUT2D eigenvalue weighted by Gasteiger charge is -2.17. The Balaban J connectivity index is 2.25. The molecule has 20 heavy (non-hydrogen) atoms. The number of aliphatic carboxylic acids is 1. The van der Waals surface area contributed by atoms with E-state index in [1.54, 1.807) is 12.5 Å². The Morgan fingerprint density at radius 2 is 2.15 bits per heavy atom. The van der Waals surface area contributed by atoms with Gasteiger partial charge in [-0.25, -0.2) is 9.78 Å². The molecule has 0 bridgehead atoms. The average molecular weight is 338 g/mol. The smallest absolute Gasteiger partial charge is 0.332 e. The van der Waals surface area contributed by atoms with Crippen LogP contribution < -0.4 is 5.32 Å². The number of carboxylic acid groups (broad SMARTS) is 1. The highest BCUT2D eigenvalue weighted by Gasteiger charge is 2.23. The maximum Gasteiger partial charge on any atom is 0.332 e. The predicted molar refractivity (Wildman–Crippen MR) is 80.7 cm³/mol. The summed E-state index contributed by atoms with van der Waals surface area (Å²) in [6, 6.07) is 6.58. The van der Waals surface area contributed by atoms with Gasteiger partial charge in [0.1, 0.15) is 0 Å². The third kappa shape index (κ3) is 3.39. The van der Waals surface area contributed by atoms with Crippen molar-refractivity contribution in [3.8, 4) is 0 Å². The molecule has 2 N–H and O–H groups in total. The average Bonchev–Trinajstić information content (AvgIpc) is 2.86. The topological polar surface area (TPSA) is 67.2 Å². The molecular formula is C14H16BrN3O2. The van der Waals surface area contributed by atoms with Gasteiger partial charge in [-0.05, 0) is 30.7 Å². The van der Waals surface area contributed by atoms with Gasteiger partial charge in [-0.3, -0.25) is 0 Å². The third-order valence-corrected chi connectivity index (χ3v) is 3.44. The monoisotopic (exact) mass is 337 g/mol. The summed E-state index contributed by atoms with van der Waals surface area (Å²) in [5, 5.41) is 12.5. The van der Waals surface area contributed by atoms with Crippen LogP contribution in [-0.2, 0) is 11.3 Å². The number of imidazole rings is 1. The number of halogens is 1. The Hall–Kier alpha value is -1.82. The molecule has 1 unspecified atom stereocenters. The van der Waals surface area contributed by atoms with E-state index >= 15 is 0 Å². The van der Waals surface area contributed by atoms with Crippen molar-refractivity contribution < 1.29 is 9.90 Å². The molecule has 0 aliphatic carbocycles. The summed E-state index contributed by atoms with van der Waals surface area (Å²) in [5.74, 6) is -0.925. The first-order valence-corrected chi connectivity index (χ1v) is 7.16. The molecule has 0 saturated heterocycles. The van der Waals surface area contributed by atoms with Crippen molar-refractivity contribution in [2.45, 2.75) is 25.9 Å². The van der Waals surface area contributed by atoms with Gasteiger partial charge < -0.3 is 15.0 Å². The molecular weight excluding hydrogens is 322 g/mol. The number of nitrogens with zero attached hydrogens (tertiary/aromatic N) is 2. The summed E-state index contributed by atoms with van der Waals surface area (Å²) >= 11 is 3.35. The molecule has 2 rings (SSSR count). The van der Waals surface area contributed by atoms with E-state index in [1.165, 1.54) is 0 Å². The summed E-state index contributed by atoms with van der Waals surface area (Å²) in [6.07, 6.45) is 4.19. The number of benzene rings is 1. The summed E-state index contributed by atoms with van der Waals surface area (Å²) in [7, 11) is 0. The van der Waals surface area contributed by atoms with E-state index in [2.05, 4.69) is 26.2 Å². The van der Waals surface area contributed by atoms with Crippen LogP contribution in [0.3, 0.4) is 0 Å². The predicted octanol–water partition coefficient (Wildman–Crippen LogP) is 3.29. The molecule has 1 atom stereocenters. The van der Waals surface area contributed by atoms with Crippen LogP contribution in [0.2, 0.25) is 0 Å². The summed E-state index contributed by atoms with van der Waals surface area (Å²) in [5.41, 5.74) is 1.41. The van der Waals surface area contributed by atoms with Gasteiger partial charge in [0.2, 0.25) is 0 Å². The van der Waals surface area contributed by atoms with Crippen LogP contribution in [0.5, 0.6) is 0 Å². The van der Waals surface area contributed by atoms with Gasteiger partial charge in [0.05, 0.1) is 18.2 Å². The minimum Gasteiger partial charge on any atom is -0.479 e. The van der Waals surface area contributed by atoms with Gasteiger partial charge in [0.15, 0.2) is 6.04 Å². The lowest BCUT2D eigenvalue weighted by atomic mass is 10.2. The molecule has 1 aromatic carbocycles. The fraction of sp³-hybridized carbons (Fsp3) is 0.286. The number of aromatic nitrogens is 2. The Bertz CT molecular complexity index is 580. The summed E-state index contributed by atoms with van der Waals surface area (Å²) in [6.45, 7) is 2.79. The molecule has 0 aliphatic heterocycles. The summed E-state index contributed by atoms with van der Waals surface area (Å²) < 4.78 is 2.82. The Labute approximate surface area is 125 Å². The van der Waals surface area contributed by atoms with E-state index in [-0.39, 0.29) is 0 Å².